The van der Waals surface area contributed by atoms with Crippen molar-refractivity contribution in [3.63, 3.8) is 0 Å². The highest BCUT2D eigenvalue weighted by Crippen LogP contribution is 2.31. The molecule has 0 aliphatic rings. The first kappa shape index (κ1) is 17.0. The Balaban J connectivity index is 3.26. The summed E-state index contributed by atoms with van der Waals surface area (Å²) in [4.78, 5) is 25.2. The maximum Gasteiger partial charge on any atom is 0.411 e. The Morgan fingerprint density at radius 3 is 2.10 bits per heavy atom. The molecule has 116 valence electrons. The van der Waals surface area contributed by atoms with E-state index in [2.05, 4.69) is 0 Å². The van der Waals surface area contributed by atoms with Crippen LogP contribution in [0, 0.1) is 6.92 Å². The molecule has 0 aliphatic heterocycles. The number of hydrogen-bond donors (Lipinski definition) is 1. The molecule has 0 spiro atoms. The number of nitrogens with zero attached hydrogens (tertiary/aromatic N) is 1. The molecule has 5 heteroatoms. The van der Waals surface area contributed by atoms with Crippen molar-refractivity contribution in [3.8, 4) is 0 Å². The molecule has 0 saturated carbocycles. The molecular weight excluding hydrogens is 270 g/mol. The van der Waals surface area contributed by atoms with E-state index in [1.807, 2.05) is 19.1 Å². The number of aliphatic carboxylic acids is 1. The first-order valence-corrected chi connectivity index (χ1v) is 6.76. The zero-order valence-corrected chi connectivity index (χ0v) is 13.4. The largest absolute Gasteiger partial charge is 0.479 e. The van der Waals surface area contributed by atoms with Crippen LogP contribution in [0.1, 0.15) is 38.8 Å². The van der Waals surface area contributed by atoms with Gasteiger partial charge in [0.2, 0.25) is 0 Å². The van der Waals surface area contributed by atoms with Crippen LogP contribution in [0.4, 0.5) is 4.79 Å². The molecule has 1 aromatic carbocycles. The Bertz CT molecular complexity index is 547. The fourth-order valence-electron chi connectivity index (χ4n) is 2.07. The van der Waals surface area contributed by atoms with E-state index in [1.165, 1.54) is 14.0 Å². The molecule has 0 heterocycles. The van der Waals surface area contributed by atoms with Crippen LogP contribution >= 0.6 is 0 Å². The van der Waals surface area contributed by atoms with Crippen molar-refractivity contribution >= 4 is 12.1 Å². The van der Waals surface area contributed by atoms with E-state index in [0.29, 0.717) is 5.56 Å². The fraction of sp³-hybridized carbons (Fsp3) is 0.500. The van der Waals surface area contributed by atoms with Crippen LogP contribution in [0.3, 0.4) is 0 Å². The van der Waals surface area contributed by atoms with Gasteiger partial charge in [0, 0.05) is 7.05 Å². The summed E-state index contributed by atoms with van der Waals surface area (Å²) < 4.78 is 5.28. The number of carbonyl (C=O) groups excluding carboxylic acids is 1. The van der Waals surface area contributed by atoms with Gasteiger partial charge in [-0.3, -0.25) is 4.90 Å². The van der Waals surface area contributed by atoms with Gasteiger partial charge in [0.25, 0.3) is 0 Å². The molecule has 0 aromatic heterocycles. The van der Waals surface area contributed by atoms with Gasteiger partial charge in [0.05, 0.1) is 0 Å². The lowest BCUT2D eigenvalue weighted by Crippen LogP contribution is -2.52. The van der Waals surface area contributed by atoms with Crippen molar-refractivity contribution in [3.05, 3.63) is 35.4 Å². The van der Waals surface area contributed by atoms with Gasteiger partial charge in [-0.1, -0.05) is 24.3 Å². The number of aryl methyl sites for hydroxylation is 1. The Kier molecular flexibility index (Phi) is 4.66. The topological polar surface area (TPSA) is 66.8 Å². The third-order valence-corrected chi connectivity index (χ3v) is 3.42. The van der Waals surface area contributed by atoms with Crippen molar-refractivity contribution in [2.75, 3.05) is 7.05 Å². The number of rotatable bonds is 3. The SMILES string of the molecule is Cc1ccccc1C(C)(C(=O)O)N(C)C(=O)OC(C)(C)C. The maximum absolute atomic E-state index is 12.2. The van der Waals surface area contributed by atoms with Gasteiger partial charge in [-0.05, 0) is 45.7 Å². The number of carbonyl (C=O) groups is 2. The monoisotopic (exact) mass is 293 g/mol. The van der Waals surface area contributed by atoms with Crippen LogP contribution in [0.15, 0.2) is 24.3 Å². The van der Waals surface area contributed by atoms with Crippen LogP contribution in [0.2, 0.25) is 0 Å². The predicted octanol–water partition coefficient (Wildman–Crippen LogP) is 3.16. The zero-order chi connectivity index (χ0) is 16.4. The van der Waals surface area contributed by atoms with Gasteiger partial charge in [-0.15, -0.1) is 0 Å². The van der Waals surface area contributed by atoms with E-state index in [0.717, 1.165) is 10.5 Å². The van der Waals surface area contributed by atoms with Crippen molar-refractivity contribution in [1.29, 1.82) is 0 Å². The molecule has 0 fully saturated rings. The molecule has 0 radical (unpaired) electrons. The van der Waals surface area contributed by atoms with Crippen LogP contribution < -0.4 is 0 Å². The summed E-state index contributed by atoms with van der Waals surface area (Å²) in [5.41, 5.74) is -0.812. The van der Waals surface area contributed by atoms with Crippen molar-refractivity contribution < 1.29 is 19.4 Å². The molecule has 1 N–H and O–H groups in total. The molecule has 1 rings (SSSR count). The first-order chi connectivity index (χ1) is 9.50. The number of amides is 1. The summed E-state index contributed by atoms with van der Waals surface area (Å²) in [5, 5.41) is 9.68. The lowest BCUT2D eigenvalue weighted by molar-refractivity contribution is -0.150. The summed E-state index contributed by atoms with van der Waals surface area (Å²) >= 11 is 0. The Hall–Kier alpha value is -2.04. The second kappa shape index (κ2) is 5.76. The zero-order valence-electron chi connectivity index (χ0n) is 13.4. The average molecular weight is 293 g/mol. The molecule has 0 aliphatic carbocycles. The highest BCUT2D eigenvalue weighted by atomic mass is 16.6. The summed E-state index contributed by atoms with van der Waals surface area (Å²) in [6, 6.07) is 7.12. The lowest BCUT2D eigenvalue weighted by atomic mass is 9.87. The molecule has 0 saturated heterocycles. The standard InChI is InChI=1S/C16H23NO4/c1-11-9-7-8-10-12(11)16(5,13(18)19)17(6)14(20)21-15(2,3)4/h7-10H,1-6H3,(H,18,19). The highest BCUT2D eigenvalue weighted by molar-refractivity contribution is 5.85. The minimum atomic E-state index is -1.49. The molecule has 1 unspecified atom stereocenters. The van der Waals surface area contributed by atoms with Crippen molar-refractivity contribution in [2.45, 2.75) is 45.8 Å². The van der Waals surface area contributed by atoms with Crippen molar-refractivity contribution in [1.82, 2.24) is 4.90 Å². The van der Waals surface area contributed by atoms with Gasteiger partial charge in [0.15, 0.2) is 5.54 Å². The Morgan fingerprint density at radius 2 is 1.67 bits per heavy atom. The quantitative estimate of drug-likeness (QED) is 0.929. The van der Waals surface area contributed by atoms with Gasteiger partial charge in [0.1, 0.15) is 5.60 Å². The number of carboxylic acids is 1. The van der Waals surface area contributed by atoms with E-state index in [-0.39, 0.29) is 0 Å². The van der Waals surface area contributed by atoms with Crippen LogP contribution in [-0.4, -0.2) is 34.7 Å². The fourth-order valence-corrected chi connectivity index (χ4v) is 2.07. The Morgan fingerprint density at radius 1 is 1.14 bits per heavy atom. The van der Waals surface area contributed by atoms with E-state index in [4.69, 9.17) is 4.74 Å². The molecule has 0 bridgehead atoms. The molecule has 1 atom stereocenters. The predicted molar refractivity (Wildman–Crippen MR) is 80.2 cm³/mol. The van der Waals surface area contributed by atoms with E-state index in [9.17, 15) is 14.7 Å². The van der Waals surface area contributed by atoms with E-state index >= 15 is 0 Å². The molecular formula is C16H23NO4. The number of hydrogen-bond acceptors (Lipinski definition) is 3. The average Bonchev–Trinajstić information content (AvgIpc) is 2.35. The van der Waals surface area contributed by atoms with Crippen molar-refractivity contribution in [2.24, 2.45) is 0 Å². The minimum Gasteiger partial charge on any atom is -0.479 e. The smallest absolute Gasteiger partial charge is 0.411 e. The van der Waals surface area contributed by atoms with Crippen LogP contribution in [0.5, 0.6) is 0 Å². The Labute approximate surface area is 125 Å². The number of benzene rings is 1. The summed E-state index contributed by atoms with van der Waals surface area (Å²) in [6.07, 6.45) is -0.671. The summed E-state index contributed by atoms with van der Waals surface area (Å²) in [5.74, 6) is -1.11. The van der Waals surface area contributed by atoms with Gasteiger partial charge in [-0.25, -0.2) is 9.59 Å². The second-order valence-electron chi connectivity index (χ2n) is 6.23. The molecule has 5 nitrogen and oxygen atoms in total. The number of carboxylic acid groups (broad SMARTS) is 1. The normalized spacial score (nSPS) is 14.2. The third kappa shape index (κ3) is 3.54. The van der Waals surface area contributed by atoms with Gasteiger partial charge < -0.3 is 9.84 Å². The summed E-state index contributed by atoms with van der Waals surface area (Å²) in [7, 11) is 1.44. The van der Waals surface area contributed by atoms with Gasteiger partial charge >= 0.3 is 12.1 Å². The van der Waals surface area contributed by atoms with Gasteiger partial charge in [-0.2, -0.15) is 0 Å². The van der Waals surface area contributed by atoms with Crippen LogP contribution in [-0.2, 0) is 15.1 Å². The van der Waals surface area contributed by atoms with Crippen LogP contribution in [0.25, 0.3) is 0 Å². The number of ether oxygens (including phenoxy) is 1. The highest BCUT2D eigenvalue weighted by Gasteiger charge is 2.44. The third-order valence-electron chi connectivity index (χ3n) is 3.42. The molecule has 21 heavy (non-hydrogen) atoms. The number of likely N-dealkylation sites (N-methyl/N-ethyl adjacent to an activating group) is 1. The maximum atomic E-state index is 12.2. The van der Waals surface area contributed by atoms with E-state index < -0.39 is 23.2 Å². The second-order valence-corrected chi connectivity index (χ2v) is 6.23. The lowest BCUT2D eigenvalue weighted by Gasteiger charge is -2.37. The molecule has 1 amide bonds. The molecule has 1 aromatic rings. The minimum absolute atomic E-state index is 0.561. The first-order valence-electron chi connectivity index (χ1n) is 6.76. The van der Waals surface area contributed by atoms with E-state index in [1.54, 1.807) is 32.9 Å². The summed E-state index contributed by atoms with van der Waals surface area (Å²) in [6.45, 7) is 8.54.